The van der Waals surface area contributed by atoms with E-state index in [1.165, 1.54) is 0 Å². The maximum absolute atomic E-state index is 11.2. The molecule has 0 aliphatic carbocycles. The Morgan fingerprint density at radius 1 is 0.929 bits per heavy atom. The molecule has 1 aliphatic rings. The van der Waals surface area contributed by atoms with E-state index in [2.05, 4.69) is 10.6 Å². The number of hydrogen-bond acceptors (Lipinski definition) is 3. The van der Waals surface area contributed by atoms with Gasteiger partial charge in [-0.2, -0.15) is 11.8 Å². The van der Waals surface area contributed by atoms with Crippen LogP contribution in [0.2, 0.25) is 0 Å². The summed E-state index contributed by atoms with van der Waals surface area (Å²) in [7, 11) is 0. The van der Waals surface area contributed by atoms with Crippen LogP contribution in [0.15, 0.2) is 0 Å². The fraction of sp³-hybridized carbons (Fsp3) is 0.778. The van der Waals surface area contributed by atoms with Gasteiger partial charge in [-0.3, -0.25) is 9.59 Å². The second-order valence-electron chi connectivity index (χ2n) is 3.17. The van der Waals surface area contributed by atoms with Gasteiger partial charge in [-0.1, -0.05) is 0 Å². The van der Waals surface area contributed by atoms with E-state index in [4.69, 9.17) is 0 Å². The van der Waals surface area contributed by atoms with Crippen LogP contribution in [0.1, 0.15) is 19.3 Å². The van der Waals surface area contributed by atoms with Gasteiger partial charge in [0.15, 0.2) is 0 Å². The summed E-state index contributed by atoms with van der Waals surface area (Å²) in [5.41, 5.74) is 0. The van der Waals surface area contributed by atoms with Gasteiger partial charge in [0, 0.05) is 37.4 Å². The highest BCUT2D eigenvalue weighted by Crippen LogP contribution is 2.04. The largest absolute Gasteiger partial charge is 0.356 e. The molecule has 2 N–H and O–H groups in total. The van der Waals surface area contributed by atoms with Crippen LogP contribution < -0.4 is 10.6 Å². The average Bonchev–Trinajstić information content (AvgIpc) is 2.14. The lowest BCUT2D eigenvalue weighted by atomic mass is 10.3. The molecule has 0 atom stereocenters. The van der Waals surface area contributed by atoms with E-state index in [0.717, 1.165) is 17.9 Å². The topological polar surface area (TPSA) is 58.2 Å². The zero-order valence-electron chi connectivity index (χ0n) is 8.17. The first kappa shape index (κ1) is 11.4. The first-order valence-electron chi connectivity index (χ1n) is 4.90. The number of rotatable bonds is 0. The third-order valence-electron chi connectivity index (χ3n) is 1.94. The van der Waals surface area contributed by atoms with Gasteiger partial charge in [0.2, 0.25) is 11.8 Å². The van der Waals surface area contributed by atoms with Crippen molar-refractivity contribution in [2.45, 2.75) is 19.3 Å². The molecule has 1 heterocycles. The minimum absolute atomic E-state index is 0.115. The number of nitrogens with one attached hydrogen (secondary N) is 2. The van der Waals surface area contributed by atoms with Gasteiger partial charge in [0.25, 0.3) is 0 Å². The van der Waals surface area contributed by atoms with E-state index in [-0.39, 0.29) is 11.8 Å². The zero-order chi connectivity index (χ0) is 10.2. The fourth-order valence-corrected chi connectivity index (χ4v) is 2.02. The second-order valence-corrected chi connectivity index (χ2v) is 4.39. The molecular formula is C9H16N2O2S. The van der Waals surface area contributed by atoms with Gasteiger partial charge in [-0.25, -0.2) is 0 Å². The highest BCUT2D eigenvalue weighted by atomic mass is 32.2. The van der Waals surface area contributed by atoms with Crippen LogP contribution >= 0.6 is 11.8 Å². The van der Waals surface area contributed by atoms with Crippen molar-refractivity contribution in [2.75, 3.05) is 24.6 Å². The predicted octanol–water partition coefficient (Wildman–Crippen LogP) is 0.136. The van der Waals surface area contributed by atoms with E-state index in [1.54, 1.807) is 11.8 Å². The summed E-state index contributed by atoms with van der Waals surface area (Å²) in [4.78, 5) is 22.3. The van der Waals surface area contributed by atoms with E-state index < -0.39 is 0 Å². The third kappa shape index (κ3) is 5.11. The van der Waals surface area contributed by atoms with Crippen molar-refractivity contribution >= 4 is 23.6 Å². The van der Waals surface area contributed by atoms with Crippen LogP contribution in [0.4, 0.5) is 0 Å². The molecule has 14 heavy (non-hydrogen) atoms. The van der Waals surface area contributed by atoms with E-state index >= 15 is 0 Å². The maximum atomic E-state index is 11.2. The summed E-state index contributed by atoms with van der Waals surface area (Å²) in [6.07, 6.45) is 1.93. The van der Waals surface area contributed by atoms with Gasteiger partial charge in [0.05, 0.1) is 0 Å². The molecule has 0 bridgehead atoms. The average molecular weight is 216 g/mol. The second kappa shape index (κ2) is 6.70. The molecule has 5 heteroatoms. The maximum Gasteiger partial charge on any atom is 0.220 e. The Morgan fingerprint density at radius 3 is 1.93 bits per heavy atom. The minimum Gasteiger partial charge on any atom is -0.356 e. The SMILES string of the molecule is O=C1CCSCCC(=O)NCCCN1. The quantitative estimate of drug-likeness (QED) is 0.605. The lowest BCUT2D eigenvalue weighted by Crippen LogP contribution is -2.30. The van der Waals surface area contributed by atoms with Crippen LogP contribution in [0, 0.1) is 0 Å². The zero-order valence-corrected chi connectivity index (χ0v) is 8.99. The third-order valence-corrected chi connectivity index (χ3v) is 2.93. The first-order valence-corrected chi connectivity index (χ1v) is 6.05. The Balaban J connectivity index is 2.26. The lowest BCUT2D eigenvalue weighted by Gasteiger charge is -2.08. The van der Waals surface area contributed by atoms with Crippen LogP contribution in [0.5, 0.6) is 0 Å². The van der Waals surface area contributed by atoms with E-state index in [9.17, 15) is 9.59 Å². The molecule has 4 nitrogen and oxygen atoms in total. The highest BCUT2D eigenvalue weighted by Gasteiger charge is 2.05. The number of carbonyl (C=O) groups is 2. The normalized spacial score (nSPS) is 21.4. The summed E-state index contributed by atoms with van der Waals surface area (Å²) in [5, 5.41) is 5.62. The summed E-state index contributed by atoms with van der Waals surface area (Å²) < 4.78 is 0. The number of hydrogen-bond donors (Lipinski definition) is 2. The molecule has 1 aliphatic heterocycles. The van der Waals surface area contributed by atoms with Gasteiger partial charge in [-0.05, 0) is 6.42 Å². The smallest absolute Gasteiger partial charge is 0.220 e. The molecule has 80 valence electrons. The molecule has 0 aromatic carbocycles. The Labute approximate surface area is 88.2 Å². The van der Waals surface area contributed by atoms with E-state index in [0.29, 0.717) is 25.9 Å². The molecule has 0 aromatic rings. The molecule has 0 spiro atoms. The van der Waals surface area contributed by atoms with Crippen molar-refractivity contribution < 1.29 is 9.59 Å². The van der Waals surface area contributed by atoms with Crippen molar-refractivity contribution in [1.29, 1.82) is 0 Å². The highest BCUT2D eigenvalue weighted by molar-refractivity contribution is 7.99. The first-order chi connectivity index (χ1) is 6.79. The molecular weight excluding hydrogens is 200 g/mol. The van der Waals surface area contributed by atoms with Crippen LogP contribution in [-0.2, 0) is 9.59 Å². The monoisotopic (exact) mass is 216 g/mol. The molecule has 1 rings (SSSR count). The standard InChI is InChI=1S/C9H16N2O2S/c12-8-2-6-14-7-3-9(13)11-5-1-4-10-8/h1-7H2,(H,10,12)(H,11,13). The van der Waals surface area contributed by atoms with Crippen LogP contribution in [-0.4, -0.2) is 36.4 Å². The Morgan fingerprint density at radius 2 is 1.43 bits per heavy atom. The molecule has 0 aromatic heterocycles. The predicted molar refractivity (Wildman–Crippen MR) is 57.2 cm³/mol. The summed E-state index contributed by atoms with van der Waals surface area (Å²) >= 11 is 1.65. The molecule has 1 saturated heterocycles. The van der Waals surface area contributed by atoms with E-state index in [1.807, 2.05) is 0 Å². The Hall–Kier alpha value is -0.710. The Bertz CT molecular complexity index is 171. The molecule has 0 saturated carbocycles. The number of carbonyl (C=O) groups excluding carboxylic acids is 2. The van der Waals surface area contributed by atoms with Gasteiger partial charge >= 0.3 is 0 Å². The van der Waals surface area contributed by atoms with Crippen molar-refractivity contribution in [2.24, 2.45) is 0 Å². The molecule has 0 radical (unpaired) electrons. The molecule has 2 amide bonds. The number of amides is 2. The molecule has 1 fully saturated rings. The fourth-order valence-electron chi connectivity index (χ4n) is 1.15. The summed E-state index contributed by atoms with van der Waals surface area (Å²) in [5.74, 6) is 1.84. The van der Waals surface area contributed by atoms with Gasteiger partial charge in [0.1, 0.15) is 0 Å². The van der Waals surface area contributed by atoms with Gasteiger partial charge < -0.3 is 10.6 Å². The van der Waals surface area contributed by atoms with Crippen molar-refractivity contribution in [3.63, 3.8) is 0 Å². The number of thioether (sulfide) groups is 1. The minimum atomic E-state index is 0.115. The van der Waals surface area contributed by atoms with Crippen molar-refractivity contribution in [3.8, 4) is 0 Å². The molecule has 0 unspecified atom stereocenters. The summed E-state index contributed by atoms with van der Waals surface area (Å²) in [6, 6.07) is 0. The Kier molecular flexibility index (Phi) is 5.44. The van der Waals surface area contributed by atoms with Crippen molar-refractivity contribution in [1.82, 2.24) is 10.6 Å². The summed E-state index contributed by atoms with van der Waals surface area (Å²) in [6.45, 7) is 1.31. The lowest BCUT2D eigenvalue weighted by molar-refractivity contribution is -0.120. The van der Waals surface area contributed by atoms with Crippen LogP contribution in [0.3, 0.4) is 0 Å². The van der Waals surface area contributed by atoms with Gasteiger partial charge in [-0.15, -0.1) is 0 Å². The van der Waals surface area contributed by atoms with Crippen molar-refractivity contribution in [3.05, 3.63) is 0 Å². The van der Waals surface area contributed by atoms with Crippen LogP contribution in [0.25, 0.3) is 0 Å².